The Hall–Kier alpha value is -1.08. The van der Waals surface area contributed by atoms with Crippen LogP contribution in [-0.4, -0.2) is 47.9 Å². The monoisotopic (exact) mass is 273 g/mol. The number of hydrogen-bond acceptors (Lipinski definition) is 5. The first-order chi connectivity index (χ1) is 8.35. The highest BCUT2D eigenvalue weighted by Gasteiger charge is 2.32. The molecule has 0 spiro atoms. The molecule has 0 amide bonds. The van der Waals surface area contributed by atoms with E-state index in [9.17, 15) is 13.5 Å². The van der Waals surface area contributed by atoms with Gasteiger partial charge < -0.3 is 10.0 Å². The third-order valence-corrected chi connectivity index (χ3v) is 5.31. The van der Waals surface area contributed by atoms with Crippen molar-refractivity contribution in [3.8, 4) is 0 Å². The number of aliphatic hydroxyl groups is 1. The summed E-state index contributed by atoms with van der Waals surface area (Å²) in [5.41, 5.74) is 1.55. The summed E-state index contributed by atoms with van der Waals surface area (Å²) in [4.78, 5) is 1.93. The smallest absolute Gasteiger partial charge is 0.152 e. The summed E-state index contributed by atoms with van der Waals surface area (Å²) in [7, 11) is 0.761. The Kier molecular flexibility index (Phi) is 3.37. The van der Waals surface area contributed by atoms with Crippen molar-refractivity contribution in [3.63, 3.8) is 0 Å². The average Bonchev–Trinajstić information content (AvgIpc) is 2.77. The van der Waals surface area contributed by atoms with Crippen molar-refractivity contribution < 1.29 is 13.5 Å². The van der Waals surface area contributed by atoms with Crippen LogP contribution in [-0.2, 0) is 23.5 Å². The lowest BCUT2D eigenvalue weighted by Crippen LogP contribution is -2.34. The van der Waals surface area contributed by atoms with Crippen LogP contribution in [0.4, 0.5) is 5.82 Å². The SMILES string of the molecule is Cc1nn(C)c(N(C)C2CCS(=O)(=O)C2)c1CO. The molecule has 1 aromatic rings. The number of nitrogens with zero attached hydrogens (tertiary/aromatic N) is 3. The van der Waals surface area contributed by atoms with E-state index in [2.05, 4.69) is 5.10 Å². The number of aryl methyl sites for hydroxylation is 2. The molecule has 1 unspecified atom stereocenters. The second-order valence-electron chi connectivity index (χ2n) is 4.84. The highest BCUT2D eigenvalue weighted by Crippen LogP contribution is 2.27. The van der Waals surface area contributed by atoms with E-state index in [-0.39, 0.29) is 24.2 Å². The summed E-state index contributed by atoms with van der Waals surface area (Å²) >= 11 is 0. The molecule has 0 radical (unpaired) electrons. The van der Waals surface area contributed by atoms with Crippen LogP contribution in [0, 0.1) is 6.92 Å². The van der Waals surface area contributed by atoms with E-state index < -0.39 is 9.84 Å². The third kappa shape index (κ3) is 2.24. The molecule has 1 aromatic heterocycles. The first-order valence-corrected chi connectivity index (χ1v) is 7.74. The number of aliphatic hydroxyl groups excluding tert-OH is 1. The topological polar surface area (TPSA) is 75.4 Å². The van der Waals surface area contributed by atoms with Gasteiger partial charge in [0.25, 0.3) is 0 Å². The van der Waals surface area contributed by atoms with Gasteiger partial charge in [0.15, 0.2) is 9.84 Å². The van der Waals surface area contributed by atoms with Crippen molar-refractivity contribution in [1.82, 2.24) is 9.78 Å². The summed E-state index contributed by atoms with van der Waals surface area (Å²) < 4.78 is 24.7. The van der Waals surface area contributed by atoms with Crippen molar-refractivity contribution in [1.29, 1.82) is 0 Å². The van der Waals surface area contributed by atoms with Crippen LogP contribution >= 0.6 is 0 Å². The van der Waals surface area contributed by atoms with E-state index in [4.69, 9.17) is 0 Å². The Balaban J connectivity index is 2.32. The number of sulfone groups is 1. The molecule has 6 nitrogen and oxygen atoms in total. The van der Waals surface area contributed by atoms with Crippen LogP contribution in [0.3, 0.4) is 0 Å². The van der Waals surface area contributed by atoms with Gasteiger partial charge in [-0.25, -0.2) is 8.42 Å². The maximum Gasteiger partial charge on any atom is 0.152 e. The second-order valence-corrected chi connectivity index (χ2v) is 7.07. The van der Waals surface area contributed by atoms with E-state index in [0.717, 1.165) is 17.1 Å². The van der Waals surface area contributed by atoms with Crippen molar-refractivity contribution in [2.45, 2.75) is 26.0 Å². The molecule has 0 saturated carbocycles. The molecule has 1 aliphatic rings. The number of aromatic nitrogens is 2. The van der Waals surface area contributed by atoms with Gasteiger partial charge in [0.2, 0.25) is 0 Å². The zero-order valence-corrected chi connectivity index (χ0v) is 11.7. The van der Waals surface area contributed by atoms with E-state index >= 15 is 0 Å². The molecule has 7 heteroatoms. The Morgan fingerprint density at radius 3 is 2.72 bits per heavy atom. The first kappa shape index (κ1) is 13.4. The summed E-state index contributed by atoms with van der Waals surface area (Å²) in [5, 5.41) is 13.7. The van der Waals surface area contributed by atoms with Crippen LogP contribution in [0.2, 0.25) is 0 Å². The van der Waals surface area contributed by atoms with Gasteiger partial charge in [-0.2, -0.15) is 5.10 Å². The molecule has 18 heavy (non-hydrogen) atoms. The largest absolute Gasteiger partial charge is 0.391 e. The lowest BCUT2D eigenvalue weighted by Gasteiger charge is -2.26. The Morgan fingerprint density at radius 1 is 1.56 bits per heavy atom. The average molecular weight is 273 g/mol. The summed E-state index contributed by atoms with van der Waals surface area (Å²) in [5.74, 6) is 1.23. The van der Waals surface area contributed by atoms with E-state index in [0.29, 0.717) is 6.42 Å². The molecule has 1 fully saturated rings. The summed E-state index contributed by atoms with van der Waals surface area (Å²) in [6.45, 7) is 1.76. The Morgan fingerprint density at radius 2 is 2.22 bits per heavy atom. The van der Waals surface area contributed by atoms with Gasteiger partial charge in [-0.3, -0.25) is 4.68 Å². The van der Waals surface area contributed by atoms with Crippen LogP contribution in [0.15, 0.2) is 0 Å². The van der Waals surface area contributed by atoms with Crippen molar-refractivity contribution in [3.05, 3.63) is 11.3 Å². The Bertz CT molecular complexity index is 550. The van der Waals surface area contributed by atoms with Gasteiger partial charge in [-0.15, -0.1) is 0 Å². The standard InChI is InChI=1S/C11H19N3O3S/c1-8-10(6-15)11(14(3)12-8)13(2)9-4-5-18(16,17)7-9/h9,15H,4-7H2,1-3H3. The van der Waals surface area contributed by atoms with Gasteiger partial charge in [-0.05, 0) is 13.3 Å². The normalized spacial score (nSPS) is 22.3. The zero-order chi connectivity index (χ0) is 13.5. The number of rotatable bonds is 3. The van der Waals surface area contributed by atoms with Crippen LogP contribution in [0.5, 0.6) is 0 Å². The third-order valence-electron chi connectivity index (χ3n) is 3.56. The predicted molar refractivity (Wildman–Crippen MR) is 69.3 cm³/mol. The molecule has 102 valence electrons. The maximum absolute atomic E-state index is 11.5. The maximum atomic E-state index is 11.5. The lowest BCUT2D eigenvalue weighted by atomic mass is 10.2. The minimum Gasteiger partial charge on any atom is -0.391 e. The Labute approximate surface area is 107 Å². The zero-order valence-electron chi connectivity index (χ0n) is 10.9. The van der Waals surface area contributed by atoms with Crippen LogP contribution < -0.4 is 4.90 Å². The number of hydrogen-bond donors (Lipinski definition) is 1. The highest BCUT2D eigenvalue weighted by molar-refractivity contribution is 7.91. The molecular weight excluding hydrogens is 254 g/mol. The molecule has 0 aromatic carbocycles. The van der Waals surface area contributed by atoms with Gasteiger partial charge in [0, 0.05) is 25.7 Å². The molecule has 0 aliphatic carbocycles. The van der Waals surface area contributed by atoms with Crippen molar-refractivity contribution >= 4 is 15.7 Å². The molecule has 1 atom stereocenters. The lowest BCUT2D eigenvalue weighted by molar-refractivity contribution is 0.281. The van der Waals surface area contributed by atoms with Gasteiger partial charge in [0.05, 0.1) is 23.8 Å². The molecule has 1 saturated heterocycles. The second kappa shape index (κ2) is 4.55. The fraction of sp³-hybridized carbons (Fsp3) is 0.727. The minimum absolute atomic E-state index is 0.0323. The molecule has 2 heterocycles. The number of anilines is 1. The molecule has 1 aliphatic heterocycles. The van der Waals surface area contributed by atoms with Crippen LogP contribution in [0.1, 0.15) is 17.7 Å². The van der Waals surface area contributed by atoms with E-state index in [1.54, 1.807) is 11.7 Å². The van der Waals surface area contributed by atoms with Gasteiger partial charge in [0.1, 0.15) is 5.82 Å². The highest BCUT2D eigenvalue weighted by atomic mass is 32.2. The minimum atomic E-state index is -2.91. The predicted octanol–water partition coefficient (Wildman–Crippen LogP) is -0.156. The fourth-order valence-corrected chi connectivity index (χ4v) is 4.34. The summed E-state index contributed by atoms with van der Waals surface area (Å²) in [6.07, 6.45) is 0.633. The van der Waals surface area contributed by atoms with E-state index in [1.807, 2.05) is 18.9 Å². The quantitative estimate of drug-likeness (QED) is 0.828. The van der Waals surface area contributed by atoms with Crippen LogP contribution in [0.25, 0.3) is 0 Å². The fourth-order valence-electron chi connectivity index (χ4n) is 2.57. The van der Waals surface area contributed by atoms with Gasteiger partial charge >= 0.3 is 0 Å². The first-order valence-electron chi connectivity index (χ1n) is 5.92. The summed E-state index contributed by atoms with van der Waals surface area (Å²) in [6, 6.07) is -0.0323. The molecule has 2 rings (SSSR count). The van der Waals surface area contributed by atoms with Gasteiger partial charge in [-0.1, -0.05) is 0 Å². The molecular formula is C11H19N3O3S. The van der Waals surface area contributed by atoms with E-state index in [1.165, 1.54) is 0 Å². The van der Waals surface area contributed by atoms with Crippen molar-refractivity contribution in [2.75, 3.05) is 23.5 Å². The molecule has 0 bridgehead atoms. The van der Waals surface area contributed by atoms with Crippen molar-refractivity contribution in [2.24, 2.45) is 7.05 Å². The molecule has 1 N–H and O–H groups in total.